The first-order chi connectivity index (χ1) is 11.7. The Morgan fingerprint density at radius 2 is 1.84 bits per heavy atom. The zero-order valence-electron chi connectivity index (χ0n) is 13.7. The molecule has 1 heterocycles. The van der Waals surface area contributed by atoms with Gasteiger partial charge in [-0.05, 0) is 24.6 Å². The predicted octanol–water partition coefficient (Wildman–Crippen LogP) is 0.0698. The van der Waals surface area contributed by atoms with Crippen LogP contribution >= 0.6 is 0 Å². The topological polar surface area (TPSA) is 133 Å². The Morgan fingerprint density at radius 1 is 1.16 bits per heavy atom. The Bertz CT molecular complexity index is 778. The molecule has 0 aromatic heterocycles. The van der Waals surface area contributed by atoms with Crippen LogP contribution in [-0.4, -0.2) is 50.4 Å². The molecule has 10 heteroatoms. The van der Waals surface area contributed by atoms with Crippen LogP contribution in [0.2, 0.25) is 0 Å². The Hall–Kier alpha value is -2.62. The van der Waals surface area contributed by atoms with Crippen molar-refractivity contribution in [2.75, 3.05) is 28.7 Å². The summed E-state index contributed by atoms with van der Waals surface area (Å²) in [6, 6.07) is 5.56. The van der Waals surface area contributed by atoms with Crippen LogP contribution in [0.15, 0.2) is 24.3 Å². The molecule has 136 valence electrons. The van der Waals surface area contributed by atoms with Gasteiger partial charge in [0.2, 0.25) is 11.8 Å². The van der Waals surface area contributed by atoms with E-state index in [1.54, 1.807) is 24.3 Å². The van der Waals surface area contributed by atoms with Crippen molar-refractivity contribution in [3.8, 4) is 0 Å². The van der Waals surface area contributed by atoms with E-state index in [4.69, 9.17) is 0 Å². The van der Waals surface area contributed by atoms with Crippen molar-refractivity contribution >= 4 is 39.1 Å². The Kier molecular flexibility index (Phi) is 5.97. The molecule has 4 amide bonds. The first-order valence-electron chi connectivity index (χ1n) is 7.66. The third-order valence-corrected chi connectivity index (χ3v) is 5.21. The lowest BCUT2D eigenvalue weighted by molar-refractivity contribution is -0.115. The quantitative estimate of drug-likeness (QED) is 0.584. The van der Waals surface area contributed by atoms with Crippen LogP contribution in [0.1, 0.15) is 13.3 Å². The van der Waals surface area contributed by atoms with Gasteiger partial charge in [-0.25, -0.2) is 13.2 Å². The number of anilines is 2. The number of hydrogen-bond acceptors (Lipinski definition) is 5. The Balaban J connectivity index is 1.77. The van der Waals surface area contributed by atoms with E-state index in [1.165, 1.54) is 6.92 Å². The molecular weight excluding hydrogens is 348 g/mol. The summed E-state index contributed by atoms with van der Waals surface area (Å²) in [5.41, 5.74) is 1.01. The summed E-state index contributed by atoms with van der Waals surface area (Å²) in [5, 5.41) is 10.1. The van der Waals surface area contributed by atoms with Crippen molar-refractivity contribution in [3.63, 3.8) is 0 Å². The van der Waals surface area contributed by atoms with Gasteiger partial charge in [0.1, 0.15) is 0 Å². The highest BCUT2D eigenvalue weighted by Gasteiger charge is 2.28. The number of hydrogen-bond donors (Lipinski definition) is 4. The molecule has 0 saturated carbocycles. The maximum Gasteiger partial charge on any atom is 0.315 e. The molecule has 0 spiro atoms. The minimum Gasteiger partial charge on any atom is -0.334 e. The number of rotatable bonds is 5. The molecule has 1 aromatic rings. The molecule has 1 atom stereocenters. The highest BCUT2D eigenvalue weighted by atomic mass is 32.2. The summed E-state index contributed by atoms with van der Waals surface area (Å²) in [5.74, 6) is -0.698. The second kappa shape index (κ2) is 7.97. The van der Waals surface area contributed by atoms with Gasteiger partial charge in [0.15, 0.2) is 9.84 Å². The lowest BCUT2D eigenvalue weighted by Crippen LogP contribution is -2.45. The molecular formula is C15H20N4O5S. The number of benzene rings is 1. The van der Waals surface area contributed by atoms with Crippen LogP contribution in [-0.2, 0) is 19.4 Å². The molecule has 2 rings (SSSR count). The molecule has 9 nitrogen and oxygen atoms in total. The van der Waals surface area contributed by atoms with Gasteiger partial charge in [-0.1, -0.05) is 6.07 Å². The van der Waals surface area contributed by atoms with Gasteiger partial charge in [-0.3, -0.25) is 9.59 Å². The number of amides is 4. The van der Waals surface area contributed by atoms with E-state index in [9.17, 15) is 22.8 Å². The molecule has 1 aliphatic rings. The van der Waals surface area contributed by atoms with E-state index in [1.807, 2.05) is 0 Å². The molecule has 25 heavy (non-hydrogen) atoms. The van der Waals surface area contributed by atoms with Crippen LogP contribution in [0.25, 0.3) is 0 Å². The molecule has 4 N–H and O–H groups in total. The van der Waals surface area contributed by atoms with Crippen LogP contribution < -0.4 is 21.3 Å². The predicted molar refractivity (Wildman–Crippen MR) is 93.0 cm³/mol. The molecule has 1 aliphatic heterocycles. The summed E-state index contributed by atoms with van der Waals surface area (Å²) >= 11 is 0. The van der Waals surface area contributed by atoms with Crippen LogP contribution in [0.4, 0.5) is 16.2 Å². The number of urea groups is 1. The van der Waals surface area contributed by atoms with Crippen LogP contribution in [0.3, 0.4) is 0 Å². The van der Waals surface area contributed by atoms with Crippen molar-refractivity contribution in [1.29, 1.82) is 0 Å². The smallest absolute Gasteiger partial charge is 0.315 e. The molecule has 0 bridgehead atoms. The summed E-state index contributed by atoms with van der Waals surface area (Å²) in [6.07, 6.45) is 0.373. The number of carbonyl (C=O) groups excluding carboxylic acids is 3. The lowest BCUT2D eigenvalue weighted by atomic mass is 10.2. The summed E-state index contributed by atoms with van der Waals surface area (Å²) < 4.78 is 22.6. The van der Waals surface area contributed by atoms with Gasteiger partial charge in [0.05, 0.1) is 18.1 Å². The van der Waals surface area contributed by atoms with Crippen molar-refractivity contribution in [3.05, 3.63) is 24.3 Å². The van der Waals surface area contributed by atoms with E-state index in [0.29, 0.717) is 17.8 Å². The van der Waals surface area contributed by atoms with E-state index in [0.717, 1.165) is 0 Å². The Morgan fingerprint density at radius 3 is 2.44 bits per heavy atom. The largest absolute Gasteiger partial charge is 0.334 e. The first kappa shape index (κ1) is 18.7. The van der Waals surface area contributed by atoms with Crippen molar-refractivity contribution < 1.29 is 22.8 Å². The number of sulfone groups is 1. The van der Waals surface area contributed by atoms with Crippen molar-refractivity contribution in [2.24, 2.45) is 0 Å². The van der Waals surface area contributed by atoms with Gasteiger partial charge in [-0.2, -0.15) is 0 Å². The maximum atomic E-state index is 11.9. The zero-order valence-corrected chi connectivity index (χ0v) is 14.5. The molecule has 1 saturated heterocycles. The summed E-state index contributed by atoms with van der Waals surface area (Å²) in [4.78, 5) is 34.6. The highest BCUT2D eigenvalue weighted by molar-refractivity contribution is 7.91. The Labute approximate surface area is 145 Å². The van der Waals surface area contributed by atoms with E-state index in [-0.39, 0.29) is 24.0 Å². The van der Waals surface area contributed by atoms with Crippen LogP contribution in [0.5, 0.6) is 0 Å². The fourth-order valence-corrected chi connectivity index (χ4v) is 4.06. The number of carbonyl (C=O) groups is 3. The normalized spacial score (nSPS) is 18.2. The van der Waals surface area contributed by atoms with Crippen LogP contribution in [0, 0.1) is 0 Å². The monoisotopic (exact) mass is 368 g/mol. The van der Waals surface area contributed by atoms with Crippen molar-refractivity contribution in [1.82, 2.24) is 10.6 Å². The molecule has 1 aromatic carbocycles. The number of nitrogens with one attached hydrogen (secondary N) is 4. The second-order valence-corrected chi connectivity index (χ2v) is 7.97. The van der Waals surface area contributed by atoms with Gasteiger partial charge >= 0.3 is 6.03 Å². The molecule has 0 aliphatic carbocycles. The maximum absolute atomic E-state index is 11.9. The lowest BCUT2D eigenvalue weighted by Gasteiger charge is -2.12. The van der Waals surface area contributed by atoms with Gasteiger partial charge < -0.3 is 21.3 Å². The summed E-state index contributed by atoms with van der Waals surface area (Å²) in [6.45, 7) is 1.11. The minimum absolute atomic E-state index is 0.0586. The summed E-state index contributed by atoms with van der Waals surface area (Å²) in [7, 11) is -3.08. The highest BCUT2D eigenvalue weighted by Crippen LogP contribution is 2.14. The third kappa shape index (κ3) is 6.42. The average molecular weight is 368 g/mol. The van der Waals surface area contributed by atoms with E-state index >= 15 is 0 Å². The third-order valence-electron chi connectivity index (χ3n) is 3.44. The second-order valence-electron chi connectivity index (χ2n) is 5.74. The average Bonchev–Trinajstić information content (AvgIpc) is 2.83. The zero-order chi connectivity index (χ0) is 18.4. The SMILES string of the molecule is CC(=O)Nc1cccc(NC(=O)CNC(=O)NC2CCS(=O)(=O)C2)c1. The molecule has 1 fully saturated rings. The molecule has 0 radical (unpaired) electrons. The van der Waals surface area contributed by atoms with Gasteiger partial charge in [0, 0.05) is 24.3 Å². The molecule has 1 unspecified atom stereocenters. The standard InChI is InChI=1S/C15H20N4O5S/c1-10(20)17-11-3-2-4-12(7-11)18-14(21)8-16-15(22)19-13-5-6-25(23,24)9-13/h2-4,7,13H,5-6,8-9H2,1H3,(H,17,20)(H,18,21)(H2,16,19,22). The van der Waals surface area contributed by atoms with Gasteiger partial charge in [-0.15, -0.1) is 0 Å². The van der Waals surface area contributed by atoms with Crippen molar-refractivity contribution in [2.45, 2.75) is 19.4 Å². The van der Waals surface area contributed by atoms with E-state index in [2.05, 4.69) is 21.3 Å². The van der Waals surface area contributed by atoms with E-state index < -0.39 is 27.8 Å². The fraction of sp³-hybridized carbons (Fsp3) is 0.400. The van der Waals surface area contributed by atoms with Gasteiger partial charge in [0.25, 0.3) is 0 Å². The fourth-order valence-electron chi connectivity index (χ4n) is 2.39. The first-order valence-corrected chi connectivity index (χ1v) is 9.48. The minimum atomic E-state index is -3.08.